The highest BCUT2D eigenvalue weighted by Crippen LogP contribution is 2.46. The second-order valence-electron chi connectivity index (χ2n) is 11.5. The van der Waals surface area contributed by atoms with Crippen molar-refractivity contribution in [2.24, 2.45) is 5.18 Å². The fourth-order valence-electron chi connectivity index (χ4n) is 6.04. The van der Waals surface area contributed by atoms with Crippen molar-refractivity contribution in [1.29, 1.82) is 10.5 Å². The summed E-state index contributed by atoms with van der Waals surface area (Å²) < 4.78 is 76.8. The van der Waals surface area contributed by atoms with Crippen LogP contribution in [0.4, 0.5) is 17.6 Å². The Morgan fingerprint density at radius 2 is 1.49 bits per heavy atom. The zero-order chi connectivity index (χ0) is 36.7. The monoisotopic (exact) mass is 722 g/mol. The maximum atomic E-state index is 15.8. The van der Waals surface area contributed by atoms with Crippen molar-refractivity contribution in [3.63, 3.8) is 0 Å². The number of alkyl halides is 1. The average Bonchev–Trinajstić information content (AvgIpc) is 3.47. The van der Waals surface area contributed by atoms with Gasteiger partial charge in [-0.25, -0.2) is 17.6 Å². The smallest absolute Gasteiger partial charge is 0.320 e. The first-order valence-corrected chi connectivity index (χ1v) is 16.8. The maximum absolute atomic E-state index is 15.8. The number of halogens is 4. The number of rotatable bonds is 7. The molecule has 0 N–H and O–H groups in total. The van der Waals surface area contributed by atoms with Crippen molar-refractivity contribution in [3.8, 4) is 45.6 Å². The van der Waals surface area contributed by atoms with Crippen LogP contribution in [0.5, 0.6) is 0 Å². The Hall–Kier alpha value is -5.65. The molecule has 6 rings (SSSR count). The minimum Gasteiger partial charge on any atom is -0.587 e. The Morgan fingerprint density at radius 3 is 2.10 bits per heavy atom. The summed E-state index contributed by atoms with van der Waals surface area (Å²) >= 11 is -2.07. The molecule has 252 valence electrons. The molecule has 1 aromatic heterocycles. The summed E-state index contributed by atoms with van der Waals surface area (Å²) in [5, 5.41) is 22.3. The van der Waals surface area contributed by atoms with Gasteiger partial charge >= 0.3 is 5.91 Å². The lowest BCUT2D eigenvalue weighted by atomic mass is 9.90. The molecular formula is C38H23F4N4O3PS. The standard InChI is InChI=1S/C38H23F4N4O3PS/c1-19-9-14-28-27(15-19)31(29-24(17-43)7-4-8-25(29)18-44)36(46(28)51(49)26-12-10-21(11-13-26)20(2)39)23-6-3-5-22(16-23)30-33(40)34(41)32(38(47)45-48)37(50)35(30)42/h3-16,20H,50H2,1-2H3. The van der Waals surface area contributed by atoms with Gasteiger partial charge in [0.25, 0.3) is 0 Å². The van der Waals surface area contributed by atoms with E-state index in [9.17, 15) is 29.2 Å². The van der Waals surface area contributed by atoms with E-state index in [0.717, 1.165) is 5.56 Å². The van der Waals surface area contributed by atoms with Gasteiger partial charge in [-0.1, -0.05) is 48.0 Å². The molecule has 0 aliphatic rings. The zero-order valence-electron chi connectivity index (χ0n) is 26.7. The van der Waals surface area contributed by atoms with Crippen molar-refractivity contribution >= 4 is 42.7 Å². The Balaban J connectivity index is 1.74. The number of amides is 1. The van der Waals surface area contributed by atoms with Crippen LogP contribution in [-0.4, -0.2) is 14.4 Å². The van der Waals surface area contributed by atoms with Crippen LogP contribution in [0.3, 0.4) is 0 Å². The number of hydrogen-bond acceptors (Lipinski definition) is 5. The van der Waals surface area contributed by atoms with E-state index in [1.165, 1.54) is 65.5 Å². The van der Waals surface area contributed by atoms with Gasteiger partial charge < -0.3 is 4.55 Å². The van der Waals surface area contributed by atoms with E-state index >= 15 is 13.2 Å². The number of nitrogens with zero attached hydrogens (tertiary/aromatic N) is 4. The summed E-state index contributed by atoms with van der Waals surface area (Å²) in [6.45, 7) is 3.19. The first kappa shape index (κ1) is 35.2. The number of aromatic nitrogens is 1. The highest BCUT2D eigenvalue weighted by molar-refractivity contribution is 7.90. The third-order valence-electron chi connectivity index (χ3n) is 8.42. The molecule has 1 heterocycles. The molecule has 1 amide bonds. The molecule has 0 aliphatic carbocycles. The summed E-state index contributed by atoms with van der Waals surface area (Å²) in [5.74, 6) is -6.55. The van der Waals surface area contributed by atoms with Gasteiger partial charge in [0.1, 0.15) is 29.0 Å². The molecule has 5 aromatic carbocycles. The van der Waals surface area contributed by atoms with Crippen LogP contribution in [0.2, 0.25) is 0 Å². The van der Waals surface area contributed by atoms with Crippen LogP contribution >= 0.6 is 9.24 Å². The fraction of sp³-hybridized carbons (Fsp3) is 0.0789. The van der Waals surface area contributed by atoms with Crippen molar-refractivity contribution in [2.45, 2.75) is 24.9 Å². The third-order valence-corrected chi connectivity index (χ3v) is 10.3. The van der Waals surface area contributed by atoms with Crippen LogP contribution in [0.1, 0.15) is 45.7 Å². The summed E-state index contributed by atoms with van der Waals surface area (Å²) in [4.78, 5) is 23.1. The highest BCUT2D eigenvalue weighted by Gasteiger charge is 2.32. The molecule has 3 atom stereocenters. The topological polar surface area (TPSA) is 122 Å². The summed E-state index contributed by atoms with van der Waals surface area (Å²) in [7, 11) is 1.79. The molecule has 3 unspecified atom stereocenters. The predicted molar refractivity (Wildman–Crippen MR) is 190 cm³/mol. The third kappa shape index (κ3) is 5.98. The van der Waals surface area contributed by atoms with Crippen molar-refractivity contribution in [2.75, 3.05) is 0 Å². The van der Waals surface area contributed by atoms with Gasteiger partial charge in [0.05, 0.1) is 39.9 Å². The number of nitriles is 2. The quantitative estimate of drug-likeness (QED) is 0.0535. The maximum Gasteiger partial charge on any atom is 0.320 e. The van der Waals surface area contributed by atoms with Crippen molar-refractivity contribution in [1.82, 2.24) is 3.97 Å². The Morgan fingerprint density at radius 1 is 0.863 bits per heavy atom. The number of hydrogen-bond donors (Lipinski definition) is 0. The molecular weight excluding hydrogens is 699 g/mol. The summed E-state index contributed by atoms with van der Waals surface area (Å²) in [6, 6.07) is 25.7. The molecule has 6 aromatic rings. The van der Waals surface area contributed by atoms with Gasteiger partial charge in [-0.15, -0.1) is 14.1 Å². The second-order valence-corrected chi connectivity index (χ2v) is 13.4. The Labute approximate surface area is 294 Å². The predicted octanol–water partition coefficient (Wildman–Crippen LogP) is 9.12. The number of aryl methyl sites for hydroxylation is 1. The van der Waals surface area contributed by atoms with Gasteiger partial charge in [0.15, 0.2) is 16.5 Å². The van der Waals surface area contributed by atoms with Crippen LogP contribution < -0.4 is 5.30 Å². The highest BCUT2D eigenvalue weighted by atomic mass is 32.2. The lowest BCUT2D eigenvalue weighted by Crippen LogP contribution is -2.18. The normalized spacial score (nSPS) is 12.3. The summed E-state index contributed by atoms with van der Waals surface area (Å²) in [5.41, 5.74) is 0.513. The number of carbonyl (C=O) groups excluding carboxylic acids is 1. The van der Waals surface area contributed by atoms with Gasteiger partial charge in [0, 0.05) is 32.6 Å². The Kier molecular flexibility index (Phi) is 9.61. The van der Waals surface area contributed by atoms with E-state index in [1.54, 1.807) is 39.6 Å². The van der Waals surface area contributed by atoms with Crippen LogP contribution in [0, 0.1) is 51.9 Å². The lowest BCUT2D eigenvalue weighted by molar-refractivity contribution is 0.0997. The van der Waals surface area contributed by atoms with Gasteiger partial charge in [-0.3, -0.25) is 4.79 Å². The SMILES string of the molecule is Cc1ccc2c(c1)c(-c1c(C#N)cccc1C#N)c(-c1cccc(-c3c(F)c(F)c(C(=O)N=O)c(P)c3F)c1)n2[S+]([O-])c1ccc(C(C)F)cc1. The molecule has 7 nitrogen and oxygen atoms in total. The molecule has 0 spiro atoms. The van der Waals surface area contributed by atoms with E-state index in [4.69, 9.17) is 0 Å². The second kappa shape index (κ2) is 13.9. The van der Waals surface area contributed by atoms with E-state index in [1.807, 2.05) is 6.92 Å². The largest absolute Gasteiger partial charge is 0.587 e. The Bertz CT molecular complexity index is 2440. The first-order chi connectivity index (χ1) is 24.4. The first-order valence-electron chi connectivity index (χ1n) is 15.1. The fourth-order valence-corrected chi connectivity index (χ4v) is 7.71. The van der Waals surface area contributed by atoms with Crippen LogP contribution in [-0.2, 0) is 11.4 Å². The molecule has 0 bridgehead atoms. The molecule has 0 aliphatic heterocycles. The van der Waals surface area contributed by atoms with E-state index < -0.39 is 57.3 Å². The lowest BCUT2D eigenvalue weighted by Gasteiger charge is -2.18. The van der Waals surface area contributed by atoms with E-state index in [-0.39, 0.29) is 38.4 Å². The van der Waals surface area contributed by atoms with E-state index in [0.29, 0.717) is 22.0 Å². The average molecular weight is 723 g/mol. The van der Waals surface area contributed by atoms with E-state index in [2.05, 4.69) is 17.3 Å². The zero-order valence-corrected chi connectivity index (χ0v) is 28.6. The summed E-state index contributed by atoms with van der Waals surface area (Å²) in [6.07, 6.45) is -1.28. The molecule has 13 heteroatoms. The molecule has 0 saturated heterocycles. The van der Waals surface area contributed by atoms with Gasteiger partial charge in [-0.05, 0) is 67.4 Å². The van der Waals surface area contributed by atoms with Gasteiger partial charge in [-0.2, -0.15) is 14.5 Å². The van der Waals surface area contributed by atoms with Crippen LogP contribution in [0.15, 0.2) is 95.0 Å². The minimum absolute atomic E-state index is 0.120. The van der Waals surface area contributed by atoms with Crippen LogP contribution in [0.25, 0.3) is 44.4 Å². The minimum atomic E-state index is -2.07. The molecule has 0 radical (unpaired) electrons. The number of carbonyl (C=O) groups is 1. The molecule has 0 saturated carbocycles. The van der Waals surface area contributed by atoms with Crippen molar-refractivity contribution < 1.29 is 26.9 Å². The number of fused-ring (bicyclic) bond motifs is 1. The number of benzene rings is 5. The van der Waals surface area contributed by atoms with Gasteiger partial charge in [0.2, 0.25) is 0 Å². The molecule has 51 heavy (non-hydrogen) atoms. The molecule has 0 fully saturated rings. The number of nitroso groups, excluding NO2 is 1. The van der Waals surface area contributed by atoms with Crippen molar-refractivity contribution in [3.05, 3.63) is 135 Å².